The highest BCUT2D eigenvalue weighted by atomic mass is 32.2. The van der Waals surface area contributed by atoms with Crippen LogP contribution in [0.1, 0.15) is 29.8 Å². The molecular formula is C18H19F2N5O3S. The number of hydrogen-bond acceptors (Lipinski definition) is 7. The lowest BCUT2D eigenvalue weighted by Gasteiger charge is -2.39. The molecule has 3 aliphatic rings. The van der Waals surface area contributed by atoms with Crippen molar-refractivity contribution in [3.05, 3.63) is 53.5 Å². The molecule has 1 saturated carbocycles. The van der Waals surface area contributed by atoms with Gasteiger partial charge in [-0.1, -0.05) is 0 Å². The quantitative estimate of drug-likeness (QED) is 0.653. The SMILES string of the molecule is NC1=N[C@](N)(C2CC(NC(=O)c3ccc(F)cn3)=CC=C2F)CS(=O)(=O)C12CC2. The summed E-state index contributed by atoms with van der Waals surface area (Å²) < 4.78 is 51.8. The van der Waals surface area contributed by atoms with E-state index in [4.69, 9.17) is 11.5 Å². The number of rotatable bonds is 3. The van der Waals surface area contributed by atoms with Crippen molar-refractivity contribution in [1.82, 2.24) is 10.3 Å². The van der Waals surface area contributed by atoms with Gasteiger partial charge in [-0.25, -0.2) is 27.2 Å². The van der Waals surface area contributed by atoms with Crippen LogP contribution >= 0.6 is 0 Å². The number of aliphatic imine (C=N–C) groups is 1. The van der Waals surface area contributed by atoms with Crippen LogP contribution in [0.3, 0.4) is 0 Å². The van der Waals surface area contributed by atoms with Crippen molar-refractivity contribution < 1.29 is 22.0 Å². The van der Waals surface area contributed by atoms with Crippen LogP contribution in [0.5, 0.6) is 0 Å². The summed E-state index contributed by atoms with van der Waals surface area (Å²) in [5, 5.41) is 2.56. The Bertz CT molecular complexity index is 1080. The van der Waals surface area contributed by atoms with Crippen molar-refractivity contribution >= 4 is 21.6 Å². The number of carbonyl (C=O) groups is 1. The van der Waals surface area contributed by atoms with Crippen molar-refractivity contribution in [2.45, 2.75) is 29.7 Å². The van der Waals surface area contributed by atoms with Gasteiger partial charge in [-0.2, -0.15) is 0 Å². The molecule has 1 amide bonds. The third-order valence-electron chi connectivity index (χ3n) is 5.55. The molecule has 2 atom stereocenters. The Morgan fingerprint density at radius 1 is 1.24 bits per heavy atom. The Labute approximate surface area is 165 Å². The number of sulfone groups is 1. The molecule has 0 aromatic carbocycles. The number of aromatic nitrogens is 1. The van der Waals surface area contributed by atoms with Gasteiger partial charge in [0.05, 0.1) is 17.9 Å². The number of amidine groups is 1. The molecule has 2 heterocycles. The third-order valence-corrected chi connectivity index (χ3v) is 8.20. The number of nitrogens with two attached hydrogens (primary N) is 2. The number of amides is 1. The highest BCUT2D eigenvalue weighted by Gasteiger charge is 2.63. The Morgan fingerprint density at radius 2 is 1.97 bits per heavy atom. The first-order valence-corrected chi connectivity index (χ1v) is 10.6. The summed E-state index contributed by atoms with van der Waals surface area (Å²) >= 11 is 0. The lowest BCUT2D eigenvalue weighted by molar-refractivity contribution is 0.0957. The number of allylic oxidation sites excluding steroid dienone is 3. The normalized spacial score (nSPS) is 29.5. The van der Waals surface area contributed by atoms with Gasteiger partial charge in [0.25, 0.3) is 5.91 Å². The largest absolute Gasteiger partial charge is 0.386 e. The summed E-state index contributed by atoms with van der Waals surface area (Å²) in [5.74, 6) is -3.59. The van der Waals surface area contributed by atoms with Crippen LogP contribution in [0.4, 0.5) is 8.78 Å². The first-order chi connectivity index (χ1) is 13.6. The zero-order valence-electron chi connectivity index (χ0n) is 15.2. The first-order valence-electron chi connectivity index (χ1n) is 8.92. The highest BCUT2D eigenvalue weighted by Crippen LogP contribution is 2.49. The maximum atomic E-state index is 14.6. The predicted octanol–water partition coefficient (Wildman–Crippen LogP) is 0.681. The van der Waals surface area contributed by atoms with E-state index in [1.807, 2.05) is 0 Å². The smallest absolute Gasteiger partial charge is 0.274 e. The lowest BCUT2D eigenvalue weighted by Crippen LogP contribution is -2.60. The van der Waals surface area contributed by atoms with E-state index in [9.17, 15) is 22.0 Å². The summed E-state index contributed by atoms with van der Waals surface area (Å²) in [6.45, 7) is 0. The summed E-state index contributed by atoms with van der Waals surface area (Å²) in [4.78, 5) is 20.2. The Morgan fingerprint density at radius 3 is 2.55 bits per heavy atom. The monoisotopic (exact) mass is 423 g/mol. The van der Waals surface area contributed by atoms with E-state index in [1.54, 1.807) is 0 Å². The van der Waals surface area contributed by atoms with Gasteiger partial charge in [-0.15, -0.1) is 0 Å². The van der Waals surface area contributed by atoms with Crippen molar-refractivity contribution in [2.24, 2.45) is 22.4 Å². The van der Waals surface area contributed by atoms with Gasteiger partial charge in [0.1, 0.15) is 33.6 Å². The molecule has 4 rings (SSSR count). The fraction of sp³-hybridized carbons (Fsp3) is 0.389. The van der Waals surface area contributed by atoms with Crippen molar-refractivity contribution in [3.63, 3.8) is 0 Å². The summed E-state index contributed by atoms with van der Waals surface area (Å²) in [6.07, 6.45) is 4.04. The van der Waals surface area contributed by atoms with E-state index in [1.165, 1.54) is 12.1 Å². The third kappa shape index (κ3) is 3.23. The first kappa shape index (κ1) is 19.6. The molecule has 5 N–H and O–H groups in total. The number of halogens is 2. The molecule has 2 aliphatic carbocycles. The second-order valence-corrected chi connectivity index (χ2v) is 9.86. The van der Waals surface area contributed by atoms with Gasteiger partial charge in [0.15, 0.2) is 9.84 Å². The average molecular weight is 423 g/mol. The summed E-state index contributed by atoms with van der Waals surface area (Å²) in [5.41, 5.74) is 10.6. The number of nitrogens with one attached hydrogen (secondary N) is 1. The van der Waals surface area contributed by atoms with Crippen LogP contribution in [0.25, 0.3) is 0 Å². The molecule has 1 fully saturated rings. The van der Waals surface area contributed by atoms with E-state index in [2.05, 4.69) is 15.3 Å². The fourth-order valence-electron chi connectivity index (χ4n) is 3.73. The van der Waals surface area contributed by atoms with Gasteiger partial charge < -0.3 is 16.8 Å². The summed E-state index contributed by atoms with van der Waals surface area (Å²) in [7, 11) is -3.69. The second-order valence-electron chi connectivity index (χ2n) is 7.56. The highest BCUT2D eigenvalue weighted by molar-refractivity contribution is 7.94. The van der Waals surface area contributed by atoms with Gasteiger partial charge in [0, 0.05) is 12.1 Å². The van der Waals surface area contributed by atoms with E-state index in [-0.39, 0.29) is 18.0 Å². The Hall–Kier alpha value is -2.66. The number of pyridine rings is 1. The fourth-order valence-corrected chi connectivity index (χ4v) is 5.97. The maximum absolute atomic E-state index is 14.6. The van der Waals surface area contributed by atoms with Crippen molar-refractivity contribution in [3.8, 4) is 0 Å². The molecule has 154 valence electrons. The molecule has 0 bridgehead atoms. The zero-order chi connectivity index (χ0) is 21.0. The minimum atomic E-state index is -3.69. The van der Waals surface area contributed by atoms with Gasteiger partial charge >= 0.3 is 0 Å². The second kappa shape index (κ2) is 6.42. The van der Waals surface area contributed by atoms with Crippen molar-refractivity contribution in [2.75, 3.05) is 5.75 Å². The van der Waals surface area contributed by atoms with E-state index >= 15 is 0 Å². The zero-order valence-corrected chi connectivity index (χ0v) is 16.0. The molecule has 8 nitrogen and oxygen atoms in total. The molecule has 1 aliphatic heterocycles. The van der Waals surface area contributed by atoms with Gasteiger partial charge in [-0.05, 0) is 37.1 Å². The average Bonchev–Trinajstić information content (AvgIpc) is 3.44. The van der Waals surface area contributed by atoms with Crippen LogP contribution in [0.2, 0.25) is 0 Å². The molecular weight excluding hydrogens is 404 g/mol. The molecule has 1 aromatic rings. The minimum absolute atomic E-state index is 0.0282. The molecule has 0 radical (unpaired) electrons. The maximum Gasteiger partial charge on any atom is 0.274 e. The number of carbonyl (C=O) groups excluding carboxylic acids is 1. The standard InChI is InChI=1S/C18H19F2N5O3S/c19-10-1-4-14(23-8-10)15(26)24-11-2-3-13(20)12(7-11)18(22)9-29(27,28)17(5-6-17)16(21)25-18/h1-4,8,12H,5-7,9,22H2,(H2,21,25)(H,24,26)/t12?,18-/m0/s1. The van der Waals surface area contributed by atoms with Crippen LogP contribution in [0, 0.1) is 11.7 Å². The molecule has 0 saturated heterocycles. The molecule has 11 heteroatoms. The molecule has 1 unspecified atom stereocenters. The van der Waals surface area contributed by atoms with Crippen LogP contribution < -0.4 is 16.8 Å². The molecule has 1 spiro atoms. The van der Waals surface area contributed by atoms with Crippen molar-refractivity contribution in [1.29, 1.82) is 0 Å². The summed E-state index contributed by atoms with van der Waals surface area (Å²) in [6, 6.07) is 2.30. The van der Waals surface area contributed by atoms with Crippen LogP contribution in [-0.2, 0) is 9.84 Å². The predicted molar refractivity (Wildman–Crippen MR) is 101 cm³/mol. The van der Waals surface area contributed by atoms with E-state index < -0.39 is 49.5 Å². The molecule has 29 heavy (non-hydrogen) atoms. The van der Waals surface area contributed by atoms with Crippen LogP contribution in [-0.4, -0.2) is 41.3 Å². The topological polar surface area (TPSA) is 141 Å². The molecule has 1 aromatic heterocycles. The Balaban J connectivity index is 1.57. The number of hydrogen-bond donors (Lipinski definition) is 3. The van der Waals surface area contributed by atoms with E-state index in [0.717, 1.165) is 18.3 Å². The number of nitrogens with zero attached hydrogens (tertiary/aromatic N) is 2. The van der Waals surface area contributed by atoms with E-state index in [0.29, 0.717) is 18.5 Å². The minimum Gasteiger partial charge on any atom is -0.386 e. The van der Waals surface area contributed by atoms with Gasteiger partial charge in [0.2, 0.25) is 0 Å². The van der Waals surface area contributed by atoms with Gasteiger partial charge in [-0.3, -0.25) is 4.79 Å². The van der Waals surface area contributed by atoms with Crippen LogP contribution in [0.15, 0.2) is 47.0 Å². The Kier molecular flexibility index (Phi) is 4.35. The lowest BCUT2D eigenvalue weighted by atomic mass is 9.86.